The molecule has 1 saturated heterocycles. The molecule has 0 radical (unpaired) electrons. The Morgan fingerprint density at radius 3 is 2.61 bits per heavy atom. The van der Waals surface area contributed by atoms with E-state index < -0.39 is 21.9 Å². The molecule has 1 N–H and O–H groups in total. The van der Waals surface area contributed by atoms with Crippen molar-refractivity contribution < 1.29 is 21.6 Å². The molecule has 7 nitrogen and oxygen atoms in total. The number of nitrogens with zero attached hydrogens (tertiary/aromatic N) is 4. The summed E-state index contributed by atoms with van der Waals surface area (Å²) in [4.78, 5) is 11.7. The number of sulfonamides is 1. The van der Waals surface area contributed by atoms with Gasteiger partial charge >= 0.3 is 6.18 Å². The maximum absolute atomic E-state index is 13.3. The van der Waals surface area contributed by atoms with Crippen LogP contribution in [0.5, 0.6) is 0 Å². The van der Waals surface area contributed by atoms with Gasteiger partial charge in [0.25, 0.3) is 0 Å². The summed E-state index contributed by atoms with van der Waals surface area (Å²) in [6, 6.07) is 10.9. The molecule has 4 rings (SSSR count). The normalized spacial score (nSPS) is 15.8. The van der Waals surface area contributed by atoms with Crippen LogP contribution in [-0.2, 0) is 22.7 Å². The zero-order valence-corrected chi connectivity index (χ0v) is 17.0. The highest BCUT2D eigenvalue weighted by Gasteiger charge is 2.34. The average Bonchev–Trinajstić information content (AvgIpc) is 3.11. The molecule has 0 saturated carbocycles. The van der Waals surface area contributed by atoms with Crippen molar-refractivity contribution in [1.82, 2.24) is 15.0 Å². The fraction of sp³-hybridized carbons (Fsp3) is 0.250. The summed E-state index contributed by atoms with van der Waals surface area (Å²) in [7, 11) is -3.32. The Balaban J connectivity index is 1.59. The van der Waals surface area contributed by atoms with Crippen molar-refractivity contribution in [2.75, 3.05) is 21.9 Å². The van der Waals surface area contributed by atoms with E-state index in [-0.39, 0.29) is 23.9 Å². The molecule has 31 heavy (non-hydrogen) atoms. The first-order valence-electron chi connectivity index (χ1n) is 9.42. The molecule has 1 fully saturated rings. The SMILES string of the molecule is O=S1(=O)CCCN1c1cccc(CNc2cc(C(F)(F)F)nc(-c3cccnc3)n2)c1. The van der Waals surface area contributed by atoms with Crippen LogP contribution in [0.4, 0.5) is 24.7 Å². The van der Waals surface area contributed by atoms with Crippen molar-refractivity contribution in [1.29, 1.82) is 0 Å². The van der Waals surface area contributed by atoms with Crippen molar-refractivity contribution in [3.63, 3.8) is 0 Å². The van der Waals surface area contributed by atoms with Gasteiger partial charge in [0.2, 0.25) is 10.0 Å². The molecule has 0 aliphatic carbocycles. The van der Waals surface area contributed by atoms with E-state index in [1.165, 1.54) is 16.7 Å². The molecule has 0 amide bonds. The van der Waals surface area contributed by atoms with Gasteiger partial charge in [-0.25, -0.2) is 18.4 Å². The Labute approximate surface area is 177 Å². The lowest BCUT2D eigenvalue weighted by Crippen LogP contribution is -2.25. The van der Waals surface area contributed by atoms with Crippen LogP contribution in [0.15, 0.2) is 54.9 Å². The zero-order valence-electron chi connectivity index (χ0n) is 16.2. The van der Waals surface area contributed by atoms with Crippen molar-refractivity contribution in [2.24, 2.45) is 0 Å². The number of alkyl halides is 3. The monoisotopic (exact) mass is 449 g/mol. The van der Waals surface area contributed by atoms with Gasteiger partial charge in [0, 0.05) is 37.1 Å². The fourth-order valence-electron chi connectivity index (χ4n) is 3.25. The molecule has 1 aromatic carbocycles. The van der Waals surface area contributed by atoms with Crippen molar-refractivity contribution in [3.05, 3.63) is 66.1 Å². The molecule has 1 aliphatic rings. The number of nitrogens with one attached hydrogen (secondary N) is 1. The molecule has 1 aliphatic heterocycles. The van der Waals surface area contributed by atoms with Gasteiger partial charge in [0.1, 0.15) is 5.82 Å². The van der Waals surface area contributed by atoms with Crippen LogP contribution >= 0.6 is 0 Å². The predicted octanol–water partition coefficient (Wildman–Crippen LogP) is 3.71. The molecule has 0 unspecified atom stereocenters. The highest BCUT2D eigenvalue weighted by atomic mass is 32.2. The molecule has 2 aromatic heterocycles. The Morgan fingerprint density at radius 1 is 1.10 bits per heavy atom. The van der Waals surface area contributed by atoms with Crippen molar-refractivity contribution in [3.8, 4) is 11.4 Å². The van der Waals surface area contributed by atoms with Crippen molar-refractivity contribution in [2.45, 2.75) is 19.1 Å². The quantitative estimate of drug-likeness (QED) is 0.639. The summed E-state index contributed by atoms with van der Waals surface area (Å²) in [6.45, 7) is 0.567. The lowest BCUT2D eigenvalue weighted by molar-refractivity contribution is -0.141. The average molecular weight is 449 g/mol. The van der Waals surface area contributed by atoms with Crippen LogP contribution in [0.3, 0.4) is 0 Å². The molecule has 3 heterocycles. The summed E-state index contributed by atoms with van der Waals surface area (Å²) < 4.78 is 65.6. The number of hydrogen-bond acceptors (Lipinski definition) is 6. The predicted molar refractivity (Wildman–Crippen MR) is 110 cm³/mol. The van der Waals surface area contributed by atoms with Crippen LogP contribution < -0.4 is 9.62 Å². The topological polar surface area (TPSA) is 88.1 Å². The molecule has 11 heteroatoms. The number of benzene rings is 1. The van der Waals surface area contributed by atoms with E-state index in [4.69, 9.17) is 0 Å². The lowest BCUT2D eigenvalue weighted by Gasteiger charge is -2.18. The smallest absolute Gasteiger partial charge is 0.366 e. The Kier molecular flexibility index (Phi) is 5.52. The Morgan fingerprint density at radius 2 is 1.94 bits per heavy atom. The maximum atomic E-state index is 13.3. The molecule has 0 atom stereocenters. The van der Waals surface area contributed by atoms with Gasteiger partial charge in [0.05, 0.1) is 11.4 Å². The number of pyridine rings is 1. The summed E-state index contributed by atoms with van der Waals surface area (Å²) in [5.41, 5.74) is 0.528. The standard InChI is InChI=1S/C20H18F3N5O2S/c21-20(22,23)17-11-18(27-19(26-17)15-5-2-7-24-13-15)25-12-14-4-1-6-16(10-14)28-8-3-9-31(28,29)30/h1-2,4-7,10-11,13H,3,8-9,12H2,(H,25,26,27). The first-order chi connectivity index (χ1) is 14.7. The minimum absolute atomic E-state index is 0.000347. The molecular formula is C20H18F3N5O2S. The number of aromatic nitrogens is 3. The number of halogens is 3. The summed E-state index contributed by atoms with van der Waals surface area (Å²) in [6.07, 6.45) is -1.19. The van der Waals surface area contributed by atoms with Gasteiger partial charge in [-0.05, 0) is 36.2 Å². The van der Waals surface area contributed by atoms with Crippen LogP contribution in [0.2, 0.25) is 0 Å². The van der Waals surface area contributed by atoms with E-state index in [2.05, 4.69) is 20.3 Å². The Bertz CT molecular complexity index is 1190. The minimum Gasteiger partial charge on any atom is -0.366 e. The number of rotatable bonds is 5. The summed E-state index contributed by atoms with van der Waals surface area (Å²) >= 11 is 0. The van der Waals surface area contributed by atoms with Gasteiger partial charge in [-0.1, -0.05) is 12.1 Å². The van der Waals surface area contributed by atoms with Crippen LogP contribution in [0.25, 0.3) is 11.4 Å². The first kappa shape index (κ1) is 21.0. The minimum atomic E-state index is -4.64. The van der Waals surface area contributed by atoms with E-state index in [1.807, 2.05) is 0 Å². The van der Waals surface area contributed by atoms with E-state index >= 15 is 0 Å². The number of anilines is 2. The zero-order chi connectivity index (χ0) is 22.1. The molecule has 162 valence electrons. The second-order valence-corrected chi connectivity index (χ2v) is 8.98. The second-order valence-electron chi connectivity index (χ2n) is 6.97. The van der Waals surface area contributed by atoms with Crippen LogP contribution in [-0.4, -0.2) is 35.7 Å². The lowest BCUT2D eigenvalue weighted by atomic mass is 10.2. The van der Waals surface area contributed by atoms with Gasteiger partial charge < -0.3 is 5.32 Å². The third-order valence-corrected chi connectivity index (χ3v) is 6.58. The molecule has 0 bridgehead atoms. The van der Waals surface area contributed by atoms with Crippen LogP contribution in [0, 0.1) is 0 Å². The van der Waals surface area contributed by atoms with Crippen LogP contribution in [0.1, 0.15) is 17.7 Å². The van der Waals surface area contributed by atoms with E-state index in [9.17, 15) is 21.6 Å². The third kappa shape index (κ3) is 4.76. The summed E-state index contributed by atoms with van der Waals surface area (Å²) in [5, 5.41) is 2.88. The van der Waals surface area contributed by atoms with E-state index in [1.54, 1.807) is 36.4 Å². The number of hydrogen-bond donors (Lipinski definition) is 1. The van der Waals surface area contributed by atoms with Gasteiger partial charge in [-0.15, -0.1) is 0 Å². The van der Waals surface area contributed by atoms with Gasteiger partial charge in [0.15, 0.2) is 11.5 Å². The van der Waals surface area contributed by atoms with Crippen molar-refractivity contribution >= 4 is 21.5 Å². The third-order valence-electron chi connectivity index (χ3n) is 4.71. The highest BCUT2D eigenvalue weighted by Crippen LogP contribution is 2.31. The van der Waals surface area contributed by atoms with Gasteiger partial charge in [-0.2, -0.15) is 13.2 Å². The highest BCUT2D eigenvalue weighted by molar-refractivity contribution is 7.93. The largest absolute Gasteiger partial charge is 0.433 e. The van der Waals surface area contributed by atoms with E-state index in [0.717, 1.165) is 6.07 Å². The van der Waals surface area contributed by atoms with Gasteiger partial charge in [-0.3, -0.25) is 9.29 Å². The molecule has 3 aromatic rings. The first-order valence-corrected chi connectivity index (χ1v) is 11.0. The van der Waals surface area contributed by atoms with E-state index in [0.29, 0.717) is 29.8 Å². The fourth-order valence-corrected chi connectivity index (χ4v) is 4.81. The summed E-state index contributed by atoms with van der Waals surface area (Å²) in [5.74, 6) is 0.0102. The maximum Gasteiger partial charge on any atom is 0.433 e. The Hall–Kier alpha value is -3.21. The molecular weight excluding hydrogens is 431 g/mol. The molecule has 0 spiro atoms. The second kappa shape index (κ2) is 8.14.